The van der Waals surface area contributed by atoms with Crippen molar-refractivity contribution in [3.05, 3.63) is 41.4 Å². The van der Waals surface area contributed by atoms with Gasteiger partial charge < -0.3 is 28.7 Å². The van der Waals surface area contributed by atoms with E-state index in [2.05, 4.69) is 0 Å². The van der Waals surface area contributed by atoms with E-state index in [4.69, 9.17) is 30.5 Å². The van der Waals surface area contributed by atoms with Gasteiger partial charge >= 0.3 is 0 Å². The van der Waals surface area contributed by atoms with Crippen LogP contribution in [-0.4, -0.2) is 64.8 Å². The first-order valence-corrected chi connectivity index (χ1v) is 10.5. The lowest BCUT2D eigenvalue weighted by molar-refractivity contribution is -0.134. The highest BCUT2D eigenvalue weighted by Gasteiger charge is 2.37. The maximum absolute atomic E-state index is 12.9. The van der Waals surface area contributed by atoms with Crippen molar-refractivity contribution < 1.29 is 28.5 Å². The Kier molecular flexibility index (Phi) is 7.69. The number of benzene rings is 2. The van der Waals surface area contributed by atoms with Gasteiger partial charge in [0.15, 0.2) is 11.5 Å². The molecule has 0 radical (unpaired) electrons. The highest BCUT2D eigenvalue weighted by molar-refractivity contribution is 6.32. The normalized spacial score (nSPS) is 15.5. The minimum absolute atomic E-state index is 0.115. The number of carbonyl (C=O) groups is 2. The van der Waals surface area contributed by atoms with Crippen molar-refractivity contribution in [2.75, 3.05) is 53.0 Å². The lowest BCUT2D eigenvalue weighted by Gasteiger charge is -2.22. The molecular formula is C23H27ClN2O6. The first-order valence-electron chi connectivity index (χ1n) is 10.1. The van der Waals surface area contributed by atoms with Crippen LogP contribution in [0.15, 0.2) is 36.4 Å². The van der Waals surface area contributed by atoms with E-state index in [1.807, 2.05) is 12.1 Å². The second-order valence-electron chi connectivity index (χ2n) is 7.33. The molecule has 0 N–H and O–H groups in total. The van der Waals surface area contributed by atoms with Crippen molar-refractivity contribution in [2.24, 2.45) is 5.92 Å². The number of methoxy groups -OCH3 is 3. The van der Waals surface area contributed by atoms with Crippen molar-refractivity contribution >= 4 is 29.1 Å². The lowest BCUT2D eigenvalue weighted by Crippen LogP contribution is -2.37. The van der Waals surface area contributed by atoms with E-state index in [9.17, 15) is 9.59 Å². The highest BCUT2D eigenvalue weighted by Crippen LogP contribution is 2.42. The molecule has 172 valence electrons. The maximum atomic E-state index is 12.9. The summed E-state index contributed by atoms with van der Waals surface area (Å²) in [5, 5.41) is 0.517. The molecule has 1 saturated heterocycles. The van der Waals surface area contributed by atoms with E-state index >= 15 is 0 Å². The summed E-state index contributed by atoms with van der Waals surface area (Å²) in [7, 11) is 6.24. The predicted molar refractivity (Wildman–Crippen MR) is 121 cm³/mol. The van der Waals surface area contributed by atoms with Gasteiger partial charge in [-0.15, -0.1) is 0 Å². The first kappa shape index (κ1) is 23.5. The van der Waals surface area contributed by atoms with Crippen LogP contribution in [0.2, 0.25) is 5.02 Å². The zero-order valence-electron chi connectivity index (χ0n) is 18.6. The smallest absolute Gasteiger partial charge is 0.227 e. The van der Waals surface area contributed by atoms with Crippen LogP contribution in [0.3, 0.4) is 0 Å². The fourth-order valence-electron chi connectivity index (χ4n) is 3.62. The van der Waals surface area contributed by atoms with Crippen LogP contribution >= 0.6 is 11.6 Å². The van der Waals surface area contributed by atoms with Crippen LogP contribution < -0.4 is 23.8 Å². The quantitative estimate of drug-likeness (QED) is 0.569. The summed E-state index contributed by atoms with van der Waals surface area (Å²) >= 11 is 6.08. The third kappa shape index (κ3) is 5.02. The van der Waals surface area contributed by atoms with E-state index in [0.717, 1.165) is 0 Å². The van der Waals surface area contributed by atoms with Gasteiger partial charge in [0.2, 0.25) is 17.6 Å². The molecule has 1 aliphatic rings. The largest absolute Gasteiger partial charge is 0.493 e. The molecule has 1 heterocycles. The van der Waals surface area contributed by atoms with E-state index in [0.29, 0.717) is 46.9 Å². The van der Waals surface area contributed by atoms with Gasteiger partial charge in [-0.1, -0.05) is 23.7 Å². The summed E-state index contributed by atoms with van der Waals surface area (Å²) in [6, 6.07) is 10.6. The Balaban J connectivity index is 1.64. The number of ether oxygens (including phenoxy) is 4. The number of hydrogen-bond acceptors (Lipinski definition) is 6. The van der Waals surface area contributed by atoms with Gasteiger partial charge in [0.25, 0.3) is 0 Å². The van der Waals surface area contributed by atoms with E-state index in [-0.39, 0.29) is 24.8 Å². The fourth-order valence-corrected chi connectivity index (χ4v) is 3.81. The van der Waals surface area contributed by atoms with Crippen LogP contribution in [-0.2, 0) is 9.59 Å². The van der Waals surface area contributed by atoms with Gasteiger partial charge in [0.05, 0.1) is 44.5 Å². The Morgan fingerprint density at radius 3 is 2.34 bits per heavy atom. The maximum Gasteiger partial charge on any atom is 0.227 e. The van der Waals surface area contributed by atoms with Gasteiger partial charge in [0, 0.05) is 32.1 Å². The molecule has 2 aromatic carbocycles. The number of nitrogens with zero attached hydrogens (tertiary/aromatic N) is 2. The van der Waals surface area contributed by atoms with Crippen LogP contribution in [0, 0.1) is 5.92 Å². The average Bonchev–Trinajstić information content (AvgIpc) is 3.20. The molecule has 0 spiro atoms. The molecule has 2 aromatic rings. The molecule has 1 unspecified atom stereocenters. The number of amides is 2. The molecule has 0 aromatic heterocycles. The molecule has 32 heavy (non-hydrogen) atoms. The Morgan fingerprint density at radius 1 is 1.09 bits per heavy atom. The Morgan fingerprint density at radius 2 is 1.75 bits per heavy atom. The predicted octanol–water partition coefficient (Wildman–Crippen LogP) is 3.26. The van der Waals surface area contributed by atoms with Crippen molar-refractivity contribution in [2.45, 2.75) is 6.42 Å². The molecule has 2 amide bonds. The second-order valence-corrected chi connectivity index (χ2v) is 7.73. The molecule has 1 atom stereocenters. The van der Waals surface area contributed by atoms with Crippen molar-refractivity contribution in [1.29, 1.82) is 0 Å². The number of carbonyl (C=O) groups excluding carboxylic acids is 2. The summed E-state index contributed by atoms with van der Waals surface area (Å²) in [4.78, 5) is 28.8. The molecule has 8 nitrogen and oxygen atoms in total. The topological polar surface area (TPSA) is 77.5 Å². The van der Waals surface area contributed by atoms with Gasteiger partial charge in [0.1, 0.15) is 12.4 Å². The number of anilines is 1. The summed E-state index contributed by atoms with van der Waals surface area (Å²) in [6.07, 6.45) is 0.130. The Labute approximate surface area is 192 Å². The molecule has 0 bridgehead atoms. The molecule has 0 aliphatic carbocycles. The number of hydrogen-bond donors (Lipinski definition) is 0. The number of likely N-dealkylation sites (N-methyl/N-ethyl adjacent to an activating group) is 1. The molecule has 1 fully saturated rings. The van der Waals surface area contributed by atoms with Crippen LogP contribution in [0.1, 0.15) is 6.42 Å². The number of rotatable bonds is 9. The highest BCUT2D eigenvalue weighted by atomic mass is 35.5. The van der Waals surface area contributed by atoms with E-state index in [1.54, 1.807) is 41.1 Å². The summed E-state index contributed by atoms with van der Waals surface area (Å²) < 4.78 is 21.7. The summed E-state index contributed by atoms with van der Waals surface area (Å²) in [5.74, 6) is 1.19. The second kappa shape index (κ2) is 10.5. The van der Waals surface area contributed by atoms with Crippen LogP contribution in [0.5, 0.6) is 23.0 Å². The van der Waals surface area contributed by atoms with Crippen LogP contribution in [0.4, 0.5) is 5.69 Å². The van der Waals surface area contributed by atoms with Crippen molar-refractivity contribution in [3.8, 4) is 23.0 Å². The fraction of sp³-hybridized carbons (Fsp3) is 0.391. The standard InChI is InChI=1S/C23H27ClN2O6/c1-25(9-10-32-18-8-6-5-7-17(18)24)23(28)15-11-21(27)26(14-15)16-12-19(29-2)22(31-4)20(13-16)30-3/h5-8,12-13,15H,9-11,14H2,1-4H3. The zero-order valence-corrected chi connectivity index (χ0v) is 19.3. The van der Waals surface area contributed by atoms with E-state index in [1.165, 1.54) is 21.3 Å². The van der Waals surface area contributed by atoms with Gasteiger partial charge in [-0.05, 0) is 12.1 Å². The van der Waals surface area contributed by atoms with Gasteiger partial charge in [-0.25, -0.2) is 0 Å². The molecule has 3 rings (SSSR count). The Hall–Kier alpha value is -3.13. The molecule has 1 aliphatic heterocycles. The average molecular weight is 463 g/mol. The Bertz CT molecular complexity index is 958. The lowest BCUT2D eigenvalue weighted by atomic mass is 10.1. The minimum Gasteiger partial charge on any atom is -0.493 e. The van der Waals surface area contributed by atoms with Gasteiger partial charge in [-0.3, -0.25) is 9.59 Å². The van der Waals surface area contributed by atoms with Crippen molar-refractivity contribution in [3.63, 3.8) is 0 Å². The van der Waals surface area contributed by atoms with Gasteiger partial charge in [-0.2, -0.15) is 0 Å². The van der Waals surface area contributed by atoms with Crippen molar-refractivity contribution in [1.82, 2.24) is 4.90 Å². The number of para-hydroxylation sites is 1. The SMILES string of the molecule is COc1cc(N2CC(C(=O)N(C)CCOc3ccccc3Cl)CC2=O)cc(OC)c1OC. The molecule has 9 heteroatoms. The first-order chi connectivity index (χ1) is 15.4. The third-order valence-electron chi connectivity index (χ3n) is 5.33. The van der Waals surface area contributed by atoms with Crippen LogP contribution in [0.25, 0.3) is 0 Å². The number of halogens is 1. The molecular weight excluding hydrogens is 436 g/mol. The zero-order chi connectivity index (χ0) is 23.3. The minimum atomic E-state index is -0.452. The third-order valence-corrected chi connectivity index (χ3v) is 5.64. The summed E-state index contributed by atoms with van der Waals surface area (Å²) in [6.45, 7) is 0.939. The molecule has 0 saturated carbocycles. The summed E-state index contributed by atoms with van der Waals surface area (Å²) in [5.41, 5.74) is 0.588. The van der Waals surface area contributed by atoms with E-state index < -0.39 is 5.92 Å². The monoisotopic (exact) mass is 462 g/mol.